The molecule has 1 heterocycles. The Morgan fingerprint density at radius 2 is 1.48 bits per heavy atom. The Balaban J connectivity index is 1.53. The summed E-state index contributed by atoms with van der Waals surface area (Å²) in [6.45, 7) is 0. The number of hydrogen-bond acceptors (Lipinski definition) is 3. The second-order valence-electron chi connectivity index (χ2n) is 6.88. The molecule has 1 N–H and O–H groups in total. The van der Waals surface area contributed by atoms with E-state index in [9.17, 15) is 0 Å². The second-order valence-corrected chi connectivity index (χ2v) is 7.27. The minimum atomic E-state index is 0.483. The molecule has 0 fully saturated rings. The fourth-order valence-electron chi connectivity index (χ4n) is 3.66. The molecule has 0 spiro atoms. The van der Waals surface area contributed by atoms with Gasteiger partial charge in [0.1, 0.15) is 0 Å². The zero-order valence-corrected chi connectivity index (χ0v) is 16.4. The van der Waals surface area contributed by atoms with Gasteiger partial charge in [-0.15, -0.1) is 0 Å². The van der Waals surface area contributed by atoms with Crippen molar-refractivity contribution in [1.82, 2.24) is 14.9 Å². The van der Waals surface area contributed by atoms with E-state index in [1.165, 1.54) is 21.7 Å². The molecule has 5 rings (SSSR count). The first-order valence-corrected chi connectivity index (χ1v) is 9.85. The molecule has 0 saturated carbocycles. The van der Waals surface area contributed by atoms with Crippen LogP contribution in [0, 0.1) is 4.77 Å². The average molecular weight is 395 g/mol. The summed E-state index contributed by atoms with van der Waals surface area (Å²) in [5.41, 5.74) is 2.24. The van der Waals surface area contributed by atoms with E-state index in [0.717, 1.165) is 16.8 Å². The highest BCUT2D eigenvalue weighted by Gasteiger charge is 2.09. The molecule has 0 aliphatic carbocycles. The van der Waals surface area contributed by atoms with Gasteiger partial charge in [-0.05, 0) is 39.3 Å². The first-order valence-electron chi connectivity index (χ1n) is 9.45. The Morgan fingerprint density at radius 1 is 0.828 bits per heavy atom. The molecule has 4 aromatic carbocycles. The highest BCUT2D eigenvalue weighted by molar-refractivity contribution is 7.71. The maximum atomic E-state index is 5.43. The predicted octanol–water partition coefficient (Wildman–Crippen LogP) is 5.72. The molecule has 0 amide bonds. The zero-order chi connectivity index (χ0) is 19.6. The number of nitrogens with zero attached hydrogens (tertiary/aromatic N) is 3. The van der Waals surface area contributed by atoms with E-state index in [0.29, 0.717) is 11.2 Å². The van der Waals surface area contributed by atoms with Crippen molar-refractivity contribution >= 4 is 40.0 Å². The lowest BCUT2D eigenvalue weighted by molar-refractivity contribution is 0.793. The van der Waals surface area contributed by atoms with E-state index in [1.807, 2.05) is 24.4 Å². The fraction of sp³-hybridized carbons (Fsp3) is 0.0417. The van der Waals surface area contributed by atoms with Crippen LogP contribution in [0.25, 0.3) is 21.5 Å². The molecule has 1 aromatic heterocycles. The number of nitrogens with one attached hydrogen (secondary N) is 1. The summed E-state index contributed by atoms with van der Waals surface area (Å²) in [7, 11) is 0. The first-order chi connectivity index (χ1) is 14.3. The number of fused-ring (bicyclic) bond motifs is 2. The van der Waals surface area contributed by atoms with Crippen LogP contribution in [0.15, 0.2) is 90.0 Å². The van der Waals surface area contributed by atoms with E-state index in [1.54, 1.807) is 4.68 Å². The van der Waals surface area contributed by atoms with Gasteiger partial charge in [-0.3, -0.25) is 5.10 Å². The lowest BCUT2D eigenvalue weighted by Crippen LogP contribution is -2.01. The van der Waals surface area contributed by atoms with Crippen LogP contribution in [0.1, 0.15) is 17.0 Å². The number of aromatic nitrogens is 3. The number of hydrogen-bond donors (Lipinski definition) is 1. The zero-order valence-electron chi connectivity index (χ0n) is 15.6. The summed E-state index contributed by atoms with van der Waals surface area (Å²) < 4.78 is 2.19. The van der Waals surface area contributed by atoms with Crippen molar-refractivity contribution in [3.63, 3.8) is 0 Å². The molecule has 5 heteroatoms. The van der Waals surface area contributed by atoms with Gasteiger partial charge in [-0.1, -0.05) is 84.9 Å². The molecule has 0 unspecified atom stereocenters. The molecular weight excluding hydrogens is 376 g/mol. The van der Waals surface area contributed by atoms with Crippen LogP contribution >= 0.6 is 12.2 Å². The molecule has 5 aromatic rings. The highest BCUT2D eigenvalue weighted by Crippen LogP contribution is 2.21. The minimum absolute atomic E-state index is 0.483. The third-order valence-electron chi connectivity index (χ3n) is 5.08. The summed E-state index contributed by atoms with van der Waals surface area (Å²) in [4.78, 5) is 0. The van der Waals surface area contributed by atoms with Crippen LogP contribution in [0.2, 0.25) is 0 Å². The van der Waals surface area contributed by atoms with E-state index in [4.69, 9.17) is 12.2 Å². The van der Waals surface area contributed by atoms with Crippen LogP contribution in [0.4, 0.5) is 0 Å². The Bertz CT molecular complexity index is 1400. The summed E-state index contributed by atoms with van der Waals surface area (Å²) in [5.74, 6) is 0.780. The highest BCUT2D eigenvalue weighted by atomic mass is 32.1. The quantitative estimate of drug-likeness (QED) is 0.313. The van der Waals surface area contributed by atoms with Crippen LogP contribution in [-0.2, 0) is 6.42 Å². The molecule has 0 saturated heterocycles. The van der Waals surface area contributed by atoms with Gasteiger partial charge in [0, 0.05) is 12.0 Å². The molecule has 0 atom stereocenters. The maximum absolute atomic E-state index is 5.43. The third kappa shape index (κ3) is 3.37. The summed E-state index contributed by atoms with van der Waals surface area (Å²) in [6.07, 6.45) is 2.49. The van der Waals surface area contributed by atoms with Crippen molar-refractivity contribution in [2.24, 2.45) is 5.10 Å². The monoisotopic (exact) mass is 394 g/mol. The maximum Gasteiger partial charge on any atom is 0.216 e. The number of benzene rings is 4. The van der Waals surface area contributed by atoms with Crippen molar-refractivity contribution in [2.75, 3.05) is 0 Å². The molecule has 4 nitrogen and oxygen atoms in total. The Labute approximate surface area is 173 Å². The summed E-state index contributed by atoms with van der Waals surface area (Å²) in [6, 6.07) is 29.1. The Morgan fingerprint density at radius 3 is 2.31 bits per heavy atom. The summed E-state index contributed by atoms with van der Waals surface area (Å²) in [5, 5.41) is 16.7. The van der Waals surface area contributed by atoms with Crippen LogP contribution in [0.5, 0.6) is 0 Å². The van der Waals surface area contributed by atoms with Crippen LogP contribution in [-0.4, -0.2) is 21.1 Å². The summed E-state index contributed by atoms with van der Waals surface area (Å²) >= 11 is 5.43. The molecule has 140 valence electrons. The van der Waals surface area contributed by atoms with Crippen LogP contribution in [0.3, 0.4) is 0 Å². The van der Waals surface area contributed by atoms with E-state index in [-0.39, 0.29) is 0 Å². The van der Waals surface area contributed by atoms with Crippen molar-refractivity contribution in [2.45, 2.75) is 6.42 Å². The first kappa shape index (κ1) is 17.5. The molecule has 0 aliphatic heterocycles. The van der Waals surface area contributed by atoms with E-state index >= 15 is 0 Å². The third-order valence-corrected chi connectivity index (χ3v) is 5.35. The van der Waals surface area contributed by atoms with Gasteiger partial charge in [0.15, 0.2) is 5.82 Å². The SMILES string of the molecule is S=c1[nH]nc(Cc2cccc3ccccc23)n1/N=C\c1cccc2ccccc12. The molecule has 0 bridgehead atoms. The van der Waals surface area contributed by atoms with Gasteiger partial charge in [0.05, 0.1) is 6.21 Å². The molecule has 29 heavy (non-hydrogen) atoms. The standard InChI is InChI=1S/C24H18N4S/c29-24-27-26-23(15-19-11-5-9-17-7-1-3-13-21(17)19)28(24)25-16-20-12-6-10-18-8-2-4-14-22(18)20/h1-14,16H,15H2,(H,27,29)/b25-16-. The fourth-order valence-corrected chi connectivity index (χ4v) is 3.86. The van der Waals surface area contributed by atoms with Gasteiger partial charge < -0.3 is 0 Å². The lowest BCUT2D eigenvalue weighted by atomic mass is 10.0. The van der Waals surface area contributed by atoms with Crippen molar-refractivity contribution in [1.29, 1.82) is 0 Å². The lowest BCUT2D eigenvalue weighted by Gasteiger charge is -2.06. The minimum Gasteiger partial charge on any atom is -0.250 e. The van der Waals surface area contributed by atoms with Crippen molar-refractivity contribution in [3.05, 3.63) is 107 Å². The number of H-pyrrole nitrogens is 1. The van der Waals surface area contributed by atoms with Crippen molar-refractivity contribution < 1.29 is 0 Å². The van der Waals surface area contributed by atoms with Crippen molar-refractivity contribution in [3.8, 4) is 0 Å². The smallest absolute Gasteiger partial charge is 0.216 e. The topological polar surface area (TPSA) is 46.0 Å². The number of aromatic amines is 1. The van der Waals surface area contributed by atoms with Gasteiger partial charge in [-0.2, -0.15) is 14.9 Å². The number of rotatable bonds is 4. The Hall–Kier alpha value is -3.57. The second kappa shape index (κ2) is 7.45. The van der Waals surface area contributed by atoms with Gasteiger partial charge in [0.2, 0.25) is 4.77 Å². The van der Waals surface area contributed by atoms with E-state index < -0.39 is 0 Å². The van der Waals surface area contributed by atoms with Gasteiger partial charge >= 0.3 is 0 Å². The predicted molar refractivity (Wildman–Crippen MR) is 121 cm³/mol. The normalized spacial score (nSPS) is 11.6. The molecule has 0 aliphatic rings. The molecular formula is C24H18N4S. The Kier molecular flexibility index (Phi) is 4.50. The van der Waals surface area contributed by atoms with Gasteiger partial charge in [0.25, 0.3) is 0 Å². The average Bonchev–Trinajstić information content (AvgIpc) is 3.11. The molecule has 0 radical (unpaired) electrons. The van der Waals surface area contributed by atoms with Crippen LogP contribution < -0.4 is 0 Å². The van der Waals surface area contributed by atoms with E-state index in [2.05, 4.69) is 82.0 Å². The largest absolute Gasteiger partial charge is 0.250 e. The van der Waals surface area contributed by atoms with Gasteiger partial charge in [-0.25, -0.2) is 0 Å².